The molecule has 0 aliphatic carbocycles. The van der Waals surface area contributed by atoms with E-state index in [1.807, 2.05) is 36.4 Å². The molecule has 2 aromatic carbocycles. The van der Waals surface area contributed by atoms with E-state index in [9.17, 15) is 14.4 Å². The minimum atomic E-state index is -0.569. The highest BCUT2D eigenvalue weighted by atomic mass is 16.4. The number of oxazole rings is 1. The van der Waals surface area contributed by atoms with E-state index in [1.165, 1.54) is 9.47 Å². The molecule has 0 unspecified atom stereocenters. The van der Waals surface area contributed by atoms with E-state index in [-0.39, 0.29) is 18.5 Å². The zero-order valence-corrected chi connectivity index (χ0v) is 16.5. The van der Waals surface area contributed by atoms with Gasteiger partial charge in [0, 0.05) is 38.6 Å². The lowest BCUT2D eigenvalue weighted by molar-refractivity contribution is -0.155. The summed E-state index contributed by atoms with van der Waals surface area (Å²) in [5, 5.41) is 0. The molecule has 7 heteroatoms. The second-order valence-electron chi connectivity index (χ2n) is 7.80. The Morgan fingerprint density at radius 1 is 1.07 bits per heavy atom. The number of likely N-dealkylation sites (N-methyl/N-ethyl adjacent to an activating group) is 1. The van der Waals surface area contributed by atoms with Gasteiger partial charge in [0.05, 0.1) is 5.52 Å². The summed E-state index contributed by atoms with van der Waals surface area (Å²) in [5.74, 6) is -1.55. The summed E-state index contributed by atoms with van der Waals surface area (Å²) in [4.78, 5) is 40.1. The molecule has 0 N–H and O–H groups in total. The van der Waals surface area contributed by atoms with Crippen LogP contribution in [0, 0.1) is 0 Å². The SMILES string of the molecule is CN(CCn1c(=O)oc2ccccc21)C(=O)C(=O)N1CC(C)(c2ccccc2)C1. The van der Waals surface area contributed by atoms with Crippen LogP contribution in [0.15, 0.2) is 63.8 Å². The lowest BCUT2D eigenvalue weighted by Crippen LogP contribution is -2.62. The highest BCUT2D eigenvalue weighted by Gasteiger charge is 2.44. The van der Waals surface area contributed by atoms with E-state index in [0.29, 0.717) is 24.2 Å². The molecule has 3 aromatic rings. The average molecular weight is 393 g/mol. The Balaban J connectivity index is 1.37. The molecule has 1 saturated heterocycles. The summed E-state index contributed by atoms with van der Waals surface area (Å²) in [6.45, 7) is 3.62. The van der Waals surface area contributed by atoms with Crippen molar-refractivity contribution in [3.05, 3.63) is 70.7 Å². The van der Waals surface area contributed by atoms with Crippen molar-refractivity contribution in [1.29, 1.82) is 0 Å². The Morgan fingerprint density at radius 2 is 1.72 bits per heavy atom. The van der Waals surface area contributed by atoms with E-state index in [0.717, 1.165) is 5.56 Å². The third-order valence-electron chi connectivity index (χ3n) is 5.60. The van der Waals surface area contributed by atoms with E-state index >= 15 is 0 Å². The van der Waals surface area contributed by atoms with Gasteiger partial charge in [0.15, 0.2) is 5.58 Å². The van der Waals surface area contributed by atoms with Gasteiger partial charge in [-0.3, -0.25) is 14.2 Å². The average Bonchev–Trinajstić information content (AvgIpc) is 3.04. The molecule has 0 radical (unpaired) electrons. The highest BCUT2D eigenvalue weighted by molar-refractivity contribution is 6.35. The van der Waals surface area contributed by atoms with Crippen LogP contribution in [0.1, 0.15) is 12.5 Å². The number of fused-ring (bicyclic) bond motifs is 1. The topological polar surface area (TPSA) is 75.8 Å². The number of nitrogens with zero attached hydrogens (tertiary/aromatic N) is 3. The minimum Gasteiger partial charge on any atom is -0.408 e. The monoisotopic (exact) mass is 393 g/mol. The lowest BCUT2D eigenvalue weighted by Gasteiger charge is -2.48. The van der Waals surface area contributed by atoms with Gasteiger partial charge in [0.25, 0.3) is 0 Å². The number of benzene rings is 2. The van der Waals surface area contributed by atoms with Gasteiger partial charge in [-0.25, -0.2) is 4.79 Å². The summed E-state index contributed by atoms with van der Waals surface area (Å²) < 4.78 is 6.67. The predicted molar refractivity (Wildman–Crippen MR) is 108 cm³/mol. The maximum Gasteiger partial charge on any atom is 0.420 e. The normalized spacial score (nSPS) is 15.2. The van der Waals surface area contributed by atoms with Gasteiger partial charge in [-0.2, -0.15) is 0 Å². The van der Waals surface area contributed by atoms with Gasteiger partial charge < -0.3 is 14.2 Å². The van der Waals surface area contributed by atoms with Gasteiger partial charge in [-0.1, -0.05) is 49.4 Å². The zero-order valence-electron chi connectivity index (χ0n) is 16.5. The van der Waals surface area contributed by atoms with Crippen molar-refractivity contribution in [3.8, 4) is 0 Å². The van der Waals surface area contributed by atoms with E-state index in [1.54, 1.807) is 30.1 Å². The van der Waals surface area contributed by atoms with Gasteiger partial charge in [-0.15, -0.1) is 0 Å². The standard InChI is InChI=1S/C22H23N3O4/c1-22(16-8-4-3-5-9-16)14-24(15-22)20(27)19(26)23(2)12-13-25-17-10-6-7-11-18(17)29-21(25)28/h3-11H,12-15H2,1-2H3. The van der Waals surface area contributed by atoms with Crippen LogP contribution in [0.5, 0.6) is 0 Å². The number of carbonyl (C=O) groups excluding carboxylic acids is 2. The molecule has 1 aliphatic rings. The quantitative estimate of drug-likeness (QED) is 0.634. The second kappa shape index (κ2) is 7.24. The van der Waals surface area contributed by atoms with Crippen molar-refractivity contribution in [1.82, 2.24) is 14.4 Å². The Morgan fingerprint density at radius 3 is 2.45 bits per heavy atom. The number of aromatic nitrogens is 1. The molecule has 0 atom stereocenters. The first kappa shape index (κ1) is 19.0. The van der Waals surface area contributed by atoms with Crippen LogP contribution in [-0.2, 0) is 21.5 Å². The summed E-state index contributed by atoms with van der Waals surface area (Å²) in [6, 6.07) is 17.1. The molecule has 1 aromatic heterocycles. The molecular formula is C22H23N3O4. The van der Waals surface area contributed by atoms with Crippen LogP contribution in [0.3, 0.4) is 0 Å². The molecule has 2 heterocycles. The Bertz CT molecular complexity index is 1110. The van der Waals surface area contributed by atoms with E-state index < -0.39 is 17.6 Å². The minimum absolute atomic E-state index is 0.126. The van der Waals surface area contributed by atoms with Gasteiger partial charge in [0.1, 0.15) is 0 Å². The second-order valence-corrected chi connectivity index (χ2v) is 7.80. The fraction of sp³-hybridized carbons (Fsp3) is 0.318. The highest BCUT2D eigenvalue weighted by Crippen LogP contribution is 2.34. The number of hydrogen-bond donors (Lipinski definition) is 0. The van der Waals surface area contributed by atoms with Crippen molar-refractivity contribution >= 4 is 22.9 Å². The van der Waals surface area contributed by atoms with Crippen molar-refractivity contribution in [3.63, 3.8) is 0 Å². The van der Waals surface area contributed by atoms with Crippen molar-refractivity contribution in [2.24, 2.45) is 0 Å². The molecule has 150 valence electrons. The van der Waals surface area contributed by atoms with E-state index in [2.05, 4.69) is 6.92 Å². The summed E-state index contributed by atoms with van der Waals surface area (Å²) in [5.41, 5.74) is 2.21. The molecule has 29 heavy (non-hydrogen) atoms. The fourth-order valence-electron chi connectivity index (χ4n) is 3.84. The van der Waals surface area contributed by atoms with Crippen LogP contribution in [0.2, 0.25) is 0 Å². The lowest BCUT2D eigenvalue weighted by atomic mass is 9.75. The first-order chi connectivity index (χ1) is 13.9. The first-order valence-corrected chi connectivity index (χ1v) is 9.57. The Kier molecular flexibility index (Phi) is 4.74. The fourth-order valence-corrected chi connectivity index (χ4v) is 3.84. The molecule has 1 aliphatic heterocycles. The molecular weight excluding hydrogens is 370 g/mol. The van der Waals surface area contributed by atoms with Crippen molar-refractivity contribution in [2.75, 3.05) is 26.7 Å². The Labute approximate surface area is 168 Å². The van der Waals surface area contributed by atoms with Gasteiger partial charge in [0.2, 0.25) is 0 Å². The number of para-hydroxylation sites is 2. The molecule has 0 bridgehead atoms. The van der Waals surface area contributed by atoms with Gasteiger partial charge in [-0.05, 0) is 17.7 Å². The largest absolute Gasteiger partial charge is 0.420 e. The van der Waals surface area contributed by atoms with Crippen LogP contribution >= 0.6 is 0 Å². The summed E-state index contributed by atoms with van der Waals surface area (Å²) in [6.07, 6.45) is 0. The first-order valence-electron chi connectivity index (χ1n) is 9.57. The molecule has 7 nitrogen and oxygen atoms in total. The maximum atomic E-state index is 12.6. The third kappa shape index (κ3) is 3.44. The number of rotatable bonds is 4. The van der Waals surface area contributed by atoms with Crippen molar-refractivity contribution in [2.45, 2.75) is 18.9 Å². The third-order valence-corrected chi connectivity index (χ3v) is 5.60. The van der Waals surface area contributed by atoms with Crippen LogP contribution in [0.25, 0.3) is 11.1 Å². The predicted octanol–water partition coefficient (Wildman–Crippen LogP) is 1.85. The number of carbonyl (C=O) groups is 2. The Hall–Kier alpha value is -3.35. The van der Waals surface area contributed by atoms with Crippen LogP contribution in [-0.4, -0.2) is 52.9 Å². The van der Waals surface area contributed by atoms with Crippen LogP contribution < -0.4 is 5.76 Å². The molecule has 0 saturated carbocycles. The summed E-state index contributed by atoms with van der Waals surface area (Å²) >= 11 is 0. The zero-order chi connectivity index (χ0) is 20.6. The molecule has 2 amide bonds. The van der Waals surface area contributed by atoms with E-state index in [4.69, 9.17) is 4.42 Å². The number of likely N-dealkylation sites (tertiary alicyclic amines) is 1. The van der Waals surface area contributed by atoms with Crippen LogP contribution in [0.4, 0.5) is 0 Å². The smallest absolute Gasteiger partial charge is 0.408 e. The number of hydrogen-bond acceptors (Lipinski definition) is 4. The maximum absolute atomic E-state index is 12.6. The summed E-state index contributed by atoms with van der Waals surface area (Å²) in [7, 11) is 1.57. The van der Waals surface area contributed by atoms with Gasteiger partial charge >= 0.3 is 17.6 Å². The molecule has 0 spiro atoms. The molecule has 1 fully saturated rings. The number of amides is 2. The molecule has 4 rings (SSSR count). The van der Waals surface area contributed by atoms with Crippen molar-refractivity contribution < 1.29 is 14.0 Å².